The second-order valence-electron chi connectivity index (χ2n) is 6.06. The van der Waals surface area contributed by atoms with Crippen LogP contribution in [0.4, 0.5) is 5.69 Å². The van der Waals surface area contributed by atoms with Crippen LogP contribution < -0.4 is 5.73 Å². The first-order valence-corrected chi connectivity index (χ1v) is 8.86. The van der Waals surface area contributed by atoms with Crippen molar-refractivity contribution in [2.75, 3.05) is 18.0 Å². The number of thioether (sulfide) groups is 1. The summed E-state index contributed by atoms with van der Waals surface area (Å²) >= 11 is 1.51. The third-order valence-electron chi connectivity index (χ3n) is 4.67. The van der Waals surface area contributed by atoms with Gasteiger partial charge in [0, 0.05) is 12.6 Å². The van der Waals surface area contributed by atoms with Crippen LogP contribution >= 0.6 is 11.8 Å². The molecule has 4 nitrogen and oxygen atoms in total. The van der Waals surface area contributed by atoms with Crippen molar-refractivity contribution in [2.45, 2.75) is 49.6 Å². The molecule has 1 saturated heterocycles. The average molecular weight is 305 g/mol. The monoisotopic (exact) mass is 305 g/mol. The summed E-state index contributed by atoms with van der Waals surface area (Å²) in [7, 11) is 0. The summed E-state index contributed by atoms with van der Waals surface area (Å²) < 4.78 is 0. The van der Waals surface area contributed by atoms with Gasteiger partial charge >= 0.3 is 0 Å². The Morgan fingerprint density at radius 3 is 2.90 bits per heavy atom. The molecule has 2 aliphatic rings. The predicted octanol–water partition coefficient (Wildman–Crippen LogP) is 2.94. The molecule has 3 rings (SSSR count). The van der Waals surface area contributed by atoms with Gasteiger partial charge in [-0.3, -0.25) is 4.79 Å². The largest absolute Gasteiger partial charge is 0.397 e. The Balaban J connectivity index is 1.57. The number of piperidine rings is 1. The van der Waals surface area contributed by atoms with Gasteiger partial charge in [-0.25, -0.2) is 4.98 Å². The summed E-state index contributed by atoms with van der Waals surface area (Å²) in [6, 6.07) is 4.21. The molecule has 2 N–H and O–H groups in total. The molecule has 0 spiro atoms. The van der Waals surface area contributed by atoms with E-state index in [1.165, 1.54) is 43.9 Å². The maximum Gasteiger partial charge on any atom is 0.233 e. The first kappa shape index (κ1) is 14.7. The van der Waals surface area contributed by atoms with Crippen molar-refractivity contribution in [1.82, 2.24) is 9.88 Å². The Labute approximate surface area is 130 Å². The number of anilines is 1. The van der Waals surface area contributed by atoms with Crippen LogP contribution in [0.3, 0.4) is 0 Å². The lowest BCUT2D eigenvalue weighted by Gasteiger charge is -2.44. The number of amides is 1. The van der Waals surface area contributed by atoms with Gasteiger partial charge in [0.1, 0.15) is 0 Å². The fourth-order valence-electron chi connectivity index (χ4n) is 3.63. The van der Waals surface area contributed by atoms with Gasteiger partial charge in [-0.05, 0) is 43.7 Å². The Morgan fingerprint density at radius 1 is 1.29 bits per heavy atom. The van der Waals surface area contributed by atoms with Gasteiger partial charge in [-0.15, -0.1) is 0 Å². The summed E-state index contributed by atoms with van der Waals surface area (Å²) in [5.41, 5.74) is 6.28. The van der Waals surface area contributed by atoms with E-state index in [-0.39, 0.29) is 5.91 Å². The first-order valence-electron chi connectivity index (χ1n) is 7.88. The van der Waals surface area contributed by atoms with Crippen LogP contribution in [-0.2, 0) is 4.79 Å². The molecule has 1 amide bonds. The number of carbonyl (C=O) groups excluding carboxylic acids is 1. The van der Waals surface area contributed by atoms with E-state index in [1.54, 1.807) is 6.20 Å². The fraction of sp³-hybridized carbons (Fsp3) is 0.625. The molecule has 1 aliphatic heterocycles. The minimum atomic E-state index is 0.273. The second-order valence-corrected chi connectivity index (χ2v) is 7.06. The second kappa shape index (κ2) is 6.69. The van der Waals surface area contributed by atoms with E-state index in [1.807, 2.05) is 12.1 Å². The third-order valence-corrected chi connectivity index (χ3v) is 5.59. The molecule has 0 radical (unpaired) electrons. The number of hydrogen-bond acceptors (Lipinski definition) is 4. The quantitative estimate of drug-likeness (QED) is 0.872. The number of aromatic nitrogens is 1. The molecular weight excluding hydrogens is 282 g/mol. The van der Waals surface area contributed by atoms with Crippen molar-refractivity contribution in [3.05, 3.63) is 18.3 Å². The molecule has 0 aromatic carbocycles. The normalized spacial score (nSPS) is 25.4. The number of pyridine rings is 1. The molecule has 2 fully saturated rings. The van der Waals surface area contributed by atoms with Crippen LogP contribution in [0.2, 0.25) is 0 Å². The number of fused-ring (bicyclic) bond motifs is 1. The molecule has 2 atom stereocenters. The molecule has 1 saturated carbocycles. The van der Waals surface area contributed by atoms with Crippen molar-refractivity contribution in [3.63, 3.8) is 0 Å². The van der Waals surface area contributed by atoms with E-state index in [2.05, 4.69) is 9.88 Å². The Kier molecular flexibility index (Phi) is 4.68. The van der Waals surface area contributed by atoms with Crippen LogP contribution in [-0.4, -0.2) is 34.1 Å². The van der Waals surface area contributed by atoms with Crippen LogP contribution in [0.5, 0.6) is 0 Å². The maximum absolute atomic E-state index is 12.5. The van der Waals surface area contributed by atoms with Crippen LogP contribution in [0, 0.1) is 5.92 Å². The standard InChI is InChI=1S/C16H23N3OS/c17-13-7-8-15(18-10-13)21-11-16(20)19-9-3-5-12-4-1-2-6-14(12)19/h7-8,10,12,14H,1-6,9,11,17H2. The minimum absolute atomic E-state index is 0.273. The highest BCUT2D eigenvalue weighted by Gasteiger charge is 2.35. The van der Waals surface area contributed by atoms with Crippen molar-refractivity contribution in [2.24, 2.45) is 5.92 Å². The van der Waals surface area contributed by atoms with E-state index < -0.39 is 0 Å². The fourth-order valence-corrected chi connectivity index (χ4v) is 4.36. The lowest BCUT2D eigenvalue weighted by Crippen LogP contribution is -2.50. The van der Waals surface area contributed by atoms with Gasteiger partial charge in [0.25, 0.3) is 0 Å². The van der Waals surface area contributed by atoms with Crippen molar-refractivity contribution < 1.29 is 4.79 Å². The zero-order valence-corrected chi connectivity index (χ0v) is 13.1. The number of likely N-dealkylation sites (tertiary alicyclic amines) is 1. The van der Waals surface area contributed by atoms with E-state index in [0.29, 0.717) is 17.5 Å². The molecule has 1 aromatic rings. The minimum Gasteiger partial charge on any atom is -0.397 e. The summed E-state index contributed by atoms with van der Waals surface area (Å²) in [6.45, 7) is 0.940. The average Bonchev–Trinajstić information content (AvgIpc) is 2.53. The van der Waals surface area contributed by atoms with Gasteiger partial charge in [-0.2, -0.15) is 0 Å². The van der Waals surface area contributed by atoms with Crippen LogP contribution in [0.25, 0.3) is 0 Å². The molecule has 1 aromatic heterocycles. The maximum atomic E-state index is 12.5. The highest BCUT2D eigenvalue weighted by atomic mass is 32.2. The molecule has 2 unspecified atom stereocenters. The molecule has 1 aliphatic carbocycles. The van der Waals surface area contributed by atoms with E-state index >= 15 is 0 Å². The van der Waals surface area contributed by atoms with Crippen molar-refractivity contribution >= 4 is 23.4 Å². The topological polar surface area (TPSA) is 59.2 Å². The zero-order valence-electron chi connectivity index (χ0n) is 12.3. The molecule has 114 valence electrons. The summed E-state index contributed by atoms with van der Waals surface area (Å²) in [5, 5.41) is 0.870. The van der Waals surface area contributed by atoms with Crippen molar-refractivity contribution in [1.29, 1.82) is 0 Å². The summed E-state index contributed by atoms with van der Waals surface area (Å²) in [6.07, 6.45) is 9.23. The smallest absolute Gasteiger partial charge is 0.233 e. The Morgan fingerprint density at radius 2 is 2.10 bits per heavy atom. The van der Waals surface area contributed by atoms with Gasteiger partial charge in [0.15, 0.2) is 0 Å². The van der Waals surface area contributed by atoms with Gasteiger partial charge < -0.3 is 10.6 Å². The summed E-state index contributed by atoms with van der Waals surface area (Å²) in [5.74, 6) is 1.51. The number of carbonyl (C=O) groups is 1. The van der Waals surface area contributed by atoms with Gasteiger partial charge in [0.2, 0.25) is 5.91 Å². The highest BCUT2D eigenvalue weighted by Crippen LogP contribution is 2.35. The van der Waals surface area contributed by atoms with Gasteiger partial charge in [0.05, 0.1) is 22.7 Å². The molecule has 5 heteroatoms. The number of nitrogen functional groups attached to an aromatic ring is 1. The summed E-state index contributed by atoms with van der Waals surface area (Å²) in [4.78, 5) is 18.9. The van der Waals surface area contributed by atoms with Crippen molar-refractivity contribution in [3.8, 4) is 0 Å². The zero-order chi connectivity index (χ0) is 14.7. The highest BCUT2D eigenvalue weighted by molar-refractivity contribution is 7.99. The van der Waals surface area contributed by atoms with Gasteiger partial charge in [-0.1, -0.05) is 24.6 Å². The van der Waals surface area contributed by atoms with E-state index in [9.17, 15) is 4.79 Å². The SMILES string of the molecule is Nc1ccc(SCC(=O)N2CCCC3CCCCC32)nc1. The predicted molar refractivity (Wildman–Crippen MR) is 86.1 cm³/mol. The number of rotatable bonds is 3. The lowest BCUT2D eigenvalue weighted by molar-refractivity contribution is -0.134. The lowest BCUT2D eigenvalue weighted by atomic mass is 9.78. The molecule has 21 heavy (non-hydrogen) atoms. The number of hydrogen-bond donors (Lipinski definition) is 1. The third kappa shape index (κ3) is 3.51. The van der Waals surface area contributed by atoms with Crippen LogP contribution in [0.15, 0.2) is 23.4 Å². The molecular formula is C16H23N3OS. The van der Waals surface area contributed by atoms with Crippen LogP contribution in [0.1, 0.15) is 38.5 Å². The molecule has 0 bridgehead atoms. The Bertz CT molecular complexity index is 489. The number of nitrogens with zero attached hydrogens (tertiary/aromatic N) is 2. The number of nitrogens with two attached hydrogens (primary N) is 1. The molecule has 2 heterocycles. The Hall–Kier alpha value is -1.23. The van der Waals surface area contributed by atoms with E-state index in [0.717, 1.165) is 23.9 Å². The van der Waals surface area contributed by atoms with E-state index in [4.69, 9.17) is 5.73 Å². The first-order chi connectivity index (χ1) is 10.2.